The van der Waals surface area contributed by atoms with Crippen LogP contribution in [0.1, 0.15) is 23.5 Å². The summed E-state index contributed by atoms with van der Waals surface area (Å²) in [6.45, 7) is 0. The molecule has 1 atom stereocenters. The molecular weight excluding hydrogens is 348 g/mol. The van der Waals surface area contributed by atoms with Gasteiger partial charge in [0.15, 0.2) is 17.5 Å². The smallest absolute Gasteiger partial charge is 0.226 e. The fraction of sp³-hybridized carbons (Fsp3) is 0.111. The number of hydrogen-bond acceptors (Lipinski definition) is 2. The molecular formula is C18H12ClF2N3O. The van der Waals surface area contributed by atoms with Crippen LogP contribution in [-0.4, -0.2) is 16.1 Å². The molecule has 0 saturated heterocycles. The Morgan fingerprint density at radius 3 is 2.64 bits per heavy atom. The summed E-state index contributed by atoms with van der Waals surface area (Å²) in [7, 11) is 0. The minimum absolute atomic E-state index is 0.00744. The third-order valence-electron chi connectivity index (χ3n) is 4.29. The van der Waals surface area contributed by atoms with Crippen LogP contribution in [0.15, 0.2) is 42.5 Å². The van der Waals surface area contributed by atoms with Crippen molar-refractivity contribution in [3.8, 4) is 11.3 Å². The van der Waals surface area contributed by atoms with Crippen LogP contribution in [0.2, 0.25) is 5.02 Å². The summed E-state index contributed by atoms with van der Waals surface area (Å²) in [6.07, 6.45) is 0.00744. The first-order valence-corrected chi connectivity index (χ1v) is 8.00. The number of rotatable bonds is 2. The van der Waals surface area contributed by atoms with Crippen LogP contribution in [0.25, 0.3) is 11.3 Å². The zero-order valence-corrected chi connectivity index (χ0v) is 13.6. The Morgan fingerprint density at radius 2 is 1.88 bits per heavy atom. The molecule has 4 rings (SSSR count). The highest BCUT2D eigenvalue weighted by atomic mass is 35.5. The third-order valence-corrected chi connectivity index (χ3v) is 4.54. The van der Waals surface area contributed by atoms with Gasteiger partial charge in [0.2, 0.25) is 5.91 Å². The molecule has 1 aromatic heterocycles. The molecule has 0 unspecified atom stereocenters. The maximum atomic E-state index is 14.3. The lowest BCUT2D eigenvalue weighted by atomic mass is 9.84. The van der Waals surface area contributed by atoms with Gasteiger partial charge in [0.05, 0.1) is 5.69 Å². The number of nitrogens with one attached hydrogen (secondary N) is 2. The Labute approximate surface area is 146 Å². The number of H-pyrrole nitrogens is 1. The van der Waals surface area contributed by atoms with E-state index in [0.29, 0.717) is 22.1 Å². The second-order valence-electron chi connectivity index (χ2n) is 5.82. The van der Waals surface area contributed by atoms with E-state index in [9.17, 15) is 13.6 Å². The summed E-state index contributed by atoms with van der Waals surface area (Å²) in [5.41, 5.74) is 2.19. The van der Waals surface area contributed by atoms with Gasteiger partial charge in [0.25, 0.3) is 0 Å². The molecule has 0 saturated carbocycles. The molecule has 0 spiro atoms. The van der Waals surface area contributed by atoms with Crippen molar-refractivity contribution in [3.63, 3.8) is 0 Å². The lowest BCUT2D eigenvalue weighted by Gasteiger charge is -2.24. The Morgan fingerprint density at radius 1 is 1.12 bits per heavy atom. The monoisotopic (exact) mass is 359 g/mol. The van der Waals surface area contributed by atoms with Gasteiger partial charge >= 0.3 is 0 Å². The maximum Gasteiger partial charge on any atom is 0.226 e. The van der Waals surface area contributed by atoms with Crippen LogP contribution in [0.4, 0.5) is 14.6 Å². The molecule has 2 aromatic carbocycles. The normalized spacial score (nSPS) is 16.4. The van der Waals surface area contributed by atoms with E-state index in [1.807, 2.05) is 0 Å². The zero-order valence-electron chi connectivity index (χ0n) is 12.8. The van der Waals surface area contributed by atoms with E-state index in [0.717, 1.165) is 11.6 Å². The number of nitrogens with zero attached hydrogens (tertiary/aromatic N) is 1. The molecule has 1 aliphatic rings. The topological polar surface area (TPSA) is 57.8 Å². The third kappa shape index (κ3) is 2.68. The van der Waals surface area contributed by atoms with Crippen LogP contribution in [-0.2, 0) is 4.79 Å². The standard InChI is InChI=1S/C18H12ClF2N3O/c19-10-6-4-9(5-7-10)17-15-12(8-14(25)22-18(15)24-23-17)11-2-1-3-13(20)16(11)21/h1-7,12H,8H2,(H2,22,23,24,25)/t12-/m0/s1. The second-order valence-corrected chi connectivity index (χ2v) is 6.25. The van der Waals surface area contributed by atoms with Crippen LogP contribution in [0.5, 0.6) is 0 Å². The van der Waals surface area contributed by atoms with Gasteiger partial charge in [-0.25, -0.2) is 8.78 Å². The molecule has 2 N–H and O–H groups in total. The van der Waals surface area contributed by atoms with Gasteiger partial charge in [0.1, 0.15) is 0 Å². The van der Waals surface area contributed by atoms with Crippen molar-refractivity contribution in [1.82, 2.24) is 10.2 Å². The molecule has 1 amide bonds. The van der Waals surface area contributed by atoms with Crippen molar-refractivity contribution in [3.05, 3.63) is 70.2 Å². The van der Waals surface area contributed by atoms with E-state index < -0.39 is 17.6 Å². The van der Waals surface area contributed by atoms with Crippen molar-refractivity contribution in [2.75, 3.05) is 5.32 Å². The number of anilines is 1. The molecule has 0 bridgehead atoms. The highest BCUT2D eigenvalue weighted by Gasteiger charge is 2.34. The van der Waals surface area contributed by atoms with Gasteiger partial charge in [0, 0.05) is 28.5 Å². The van der Waals surface area contributed by atoms with Crippen LogP contribution in [0.3, 0.4) is 0 Å². The summed E-state index contributed by atoms with van der Waals surface area (Å²) in [6, 6.07) is 11.0. The number of benzene rings is 2. The lowest BCUT2D eigenvalue weighted by molar-refractivity contribution is -0.116. The summed E-state index contributed by atoms with van der Waals surface area (Å²) in [5, 5.41) is 10.3. The minimum atomic E-state index is -0.948. The molecule has 126 valence electrons. The van der Waals surface area contributed by atoms with E-state index in [1.54, 1.807) is 24.3 Å². The van der Waals surface area contributed by atoms with Crippen LogP contribution >= 0.6 is 11.6 Å². The molecule has 7 heteroatoms. The quantitative estimate of drug-likeness (QED) is 0.708. The number of fused-ring (bicyclic) bond motifs is 1. The highest BCUT2D eigenvalue weighted by molar-refractivity contribution is 6.30. The maximum absolute atomic E-state index is 14.3. The number of carbonyl (C=O) groups is 1. The molecule has 4 nitrogen and oxygen atoms in total. The molecule has 25 heavy (non-hydrogen) atoms. The first kappa shape index (κ1) is 15.8. The first-order valence-electron chi connectivity index (χ1n) is 7.62. The highest BCUT2D eigenvalue weighted by Crippen LogP contribution is 2.42. The van der Waals surface area contributed by atoms with Crippen molar-refractivity contribution < 1.29 is 13.6 Å². The fourth-order valence-electron chi connectivity index (χ4n) is 3.15. The van der Waals surface area contributed by atoms with E-state index >= 15 is 0 Å². The number of aromatic nitrogens is 2. The predicted octanol–water partition coefficient (Wildman–Crippen LogP) is 4.48. The predicted molar refractivity (Wildman–Crippen MR) is 90.5 cm³/mol. The van der Waals surface area contributed by atoms with Gasteiger partial charge in [-0.3, -0.25) is 9.89 Å². The van der Waals surface area contributed by atoms with Gasteiger partial charge in [-0.15, -0.1) is 0 Å². The van der Waals surface area contributed by atoms with Gasteiger partial charge in [-0.05, 0) is 23.8 Å². The first-order chi connectivity index (χ1) is 12.0. The average molecular weight is 360 g/mol. The number of aromatic amines is 1. The Balaban J connectivity index is 1.90. The summed E-state index contributed by atoms with van der Waals surface area (Å²) < 4.78 is 28.0. The SMILES string of the molecule is O=C1C[C@@H](c2cccc(F)c2F)c2c(n[nH]c2-c2ccc(Cl)cc2)N1. The molecule has 1 aliphatic heterocycles. The van der Waals surface area contributed by atoms with Crippen molar-refractivity contribution in [1.29, 1.82) is 0 Å². The Hall–Kier alpha value is -2.73. The second kappa shape index (κ2) is 5.97. The summed E-state index contributed by atoms with van der Waals surface area (Å²) in [5.74, 6) is -2.49. The van der Waals surface area contributed by atoms with Gasteiger partial charge in [-0.2, -0.15) is 5.10 Å². The largest absolute Gasteiger partial charge is 0.309 e. The van der Waals surface area contributed by atoms with E-state index in [1.165, 1.54) is 12.1 Å². The number of amides is 1. The van der Waals surface area contributed by atoms with E-state index in [-0.39, 0.29) is 17.9 Å². The molecule has 3 aromatic rings. The number of halogens is 3. The van der Waals surface area contributed by atoms with Crippen molar-refractivity contribution in [2.24, 2.45) is 0 Å². The number of carbonyl (C=O) groups excluding carboxylic acids is 1. The zero-order chi connectivity index (χ0) is 17.6. The van der Waals surface area contributed by atoms with Crippen molar-refractivity contribution >= 4 is 23.3 Å². The van der Waals surface area contributed by atoms with E-state index in [4.69, 9.17) is 11.6 Å². The number of hydrogen-bond donors (Lipinski definition) is 2. The molecule has 0 fully saturated rings. The summed E-state index contributed by atoms with van der Waals surface area (Å²) >= 11 is 5.92. The molecule has 0 aliphatic carbocycles. The Kier molecular flexibility index (Phi) is 3.77. The average Bonchev–Trinajstić information content (AvgIpc) is 3.01. The Bertz CT molecular complexity index is 969. The molecule has 0 radical (unpaired) electrons. The summed E-state index contributed by atoms with van der Waals surface area (Å²) in [4.78, 5) is 12.0. The van der Waals surface area contributed by atoms with Gasteiger partial charge < -0.3 is 5.32 Å². The fourth-order valence-corrected chi connectivity index (χ4v) is 3.27. The van der Waals surface area contributed by atoms with Crippen LogP contribution < -0.4 is 5.32 Å². The van der Waals surface area contributed by atoms with Crippen molar-refractivity contribution in [2.45, 2.75) is 12.3 Å². The lowest BCUT2D eigenvalue weighted by Crippen LogP contribution is -2.24. The van der Waals surface area contributed by atoms with Gasteiger partial charge in [-0.1, -0.05) is 35.9 Å². The minimum Gasteiger partial charge on any atom is -0.309 e. The molecule has 2 heterocycles. The van der Waals surface area contributed by atoms with E-state index in [2.05, 4.69) is 15.5 Å². The van der Waals surface area contributed by atoms with Crippen LogP contribution in [0, 0.1) is 11.6 Å².